The number of aromatic nitrogens is 2. The molecule has 6 nitrogen and oxygen atoms in total. The number of aryl methyl sites for hydroxylation is 1. The lowest BCUT2D eigenvalue weighted by molar-refractivity contribution is 0.270. The first kappa shape index (κ1) is 11.3. The van der Waals surface area contributed by atoms with Crippen LogP contribution in [0.5, 0.6) is 11.5 Å². The molecule has 1 aromatic carbocycles. The number of anilines is 1. The van der Waals surface area contributed by atoms with Gasteiger partial charge in [-0.3, -0.25) is 0 Å². The van der Waals surface area contributed by atoms with E-state index in [1.54, 1.807) is 32.2 Å². The minimum atomic E-state index is 0.293. The molecular formula is C11H13N3O3. The molecule has 0 unspecified atom stereocenters. The Morgan fingerprint density at radius 1 is 1.35 bits per heavy atom. The molecule has 1 heterocycles. The smallest absolute Gasteiger partial charge is 0.145 e. The van der Waals surface area contributed by atoms with Crippen LogP contribution in [-0.4, -0.2) is 17.4 Å². The summed E-state index contributed by atoms with van der Waals surface area (Å²) in [6.45, 7) is 2.10. The summed E-state index contributed by atoms with van der Waals surface area (Å²) in [6, 6.07) is 5.22. The number of nitrogens with two attached hydrogens (primary N) is 1. The van der Waals surface area contributed by atoms with Gasteiger partial charge in [-0.05, 0) is 19.1 Å². The maximum atomic E-state index is 5.76. The summed E-state index contributed by atoms with van der Waals surface area (Å²) in [6.07, 6.45) is 0. The number of benzene rings is 1. The molecule has 2 N–H and O–H groups in total. The molecule has 0 radical (unpaired) electrons. The number of nitrogen functional groups attached to an aromatic ring is 1. The first-order valence-electron chi connectivity index (χ1n) is 5.05. The van der Waals surface area contributed by atoms with Crippen LogP contribution in [0.4, 0.5) is 5.69 Å². The highest BCUT2D eigenvalue weighted by Crippen LogP contribution is 2.26. The Morgan fingerprint density at radius 2 is 2.18 bits per heavy atom. The standard InChI is InChI=1S/C11H13N3O3/c1-7-10(14-17-13-7)6-16-8-3-4-11(15-2)9(12)5-8/h3-5H,6,12H2,1-2H3. The minimum absolute atomic E-state index is 0.293. The van der Waals surface area contributed by atoms with E-state index in [9.17, 15) is 0 Å². The van der Waals surface area contributed by atoms with Crippen LogP contribution in [-0.2, 0) is 6.61 Å². The van der Waals surface area contributed by atoms with Gasteiger partial charge >= 0.3 is 0 Å². The number of hydrogen-bond acceptors (Lipinski definition) is 6. The van der Waals surface area contributed by atoms with Crippen molar-refractivity contribution in [2.45, 2.75) is 13.5 Å². The molecule has 0 amide bonds. The van der Waals surface area contributed by atoms with Gasteiger partial charge < -0.3 is 15.2 Å². The fourth-order valence-electron chi connectivity index (χ4n) is 1.33. The van der Waals surface area contributed by atoms with Crippen LogP contribution in [0, 0.1) is 6.92 Å². The Labute approximate surface area is 98.3 Å². The first-order valence-corrected chi connectivity index (χ1v) is 5.05. The van der Waals surface area contributed by atoms with Crippen molar-refractivity contribution in [3.05, 3.63) is 29.6 Å². The first-order chi connectivity index (χ1) is 8.20. The average Bonchev–Trinajstić information content (AvgIpc) is 2.72. The zero-order valence-corrected chi connectivity index (χ0v) is 9.64. The molecule has 1 aromatic heterocycles. The molecule has 0 atom stereocenters. The third-order valence-electron chi connectivity index (χ3n) is 2.32. The van der Waals surface area contributed by atoms with Crippen LogP contribution in [0.3, 0.4) is 0 Å². The Morgan fingerprint density at radius 3 is 2.76 bits per heavy atom. The van der Waals surface area contributed by atoms with Gasteiger partial charge in [0.05, 0.1) is 12.8 Å². The highest BCUT2D eigenvalue weighted by Gasteiger charge is 2.07. The van der Waals surface area contributed by atoms with Gasteiger partial charge in [-0.25, -0.2) is 4.63 Å². The molecule has 0 bridgehead atoms. The Bertz CT molecular complexity index is 510. The van der Waals surface area contributed by atoms with Crippen molar-refractivity contribution in [2.75, 3.05) is 12.8 Å². The van der Waals surface area contributed by atoms with Crippen molar-refractivity contribution in [1.82, 2.24) is 10.3 Å². The van der Waals surface area contributed by atoms with Gasteiger partial charge in [-0.1, -0.05) is 10.3 Å². The van der Waals surface area contributed by atoms with Crippen molar-refractivity contribution in [3.63, 3.8) is 0 Å². The third-order valence-corrected chi connectivity index (χ3v) is 2.32. The van der Waals surface area contributed by atoms with Gasteiger partial charge in [0.25, 0.3) is 0 Å². The van der Waals surface area contributed by atoms with Crippen LogP contribution in [0.2, 0.25) is 0 Å². The molecule has 0 saturated heterocycles. The summed E-state index contributed by atoms with van der Waals surface area (Å²) in [5, 5.41) is 7.38. The molecule has 2 aromatic rings. The quantitative estimate of drug-likeness (QED) is 0.809. The lowest BCUT2D eigenvalue weighted by atomic mass is 10.3. The highest BCUT2D eigenvalue weighted by atomic mass is 16.6. The lowest BCUT2D eigenvalue weighted by Crippen LogP contribution is -1.99. The molecule has 0 saturated carbocycles. The van der Waals surface area contributed by atoms with Crippen molar-refractivity contribution in [2.24, 2.45) is 0 Å². The highest BCUT2D eigenvalue weighted by molar-refractivity contribution is 5.56. The van der Waals surface area contributed by atoms with E-state index in [1.807, 2.05) is 0 Å². The minimum Gasteiger partial charge on any atom is -0.495 e. The van der Waals surface area contributed by atoms with Crippen LogP contribution in [0.25, 0.3) is 0 Å². The lowest BCUT2D eigenvalue weighted by Gasteiger charge is -2.08. The van der Waals surface area contributed by atoms with Crippen molar-refractivity contribution >= 4 is 5.69 Å². The maximum Gasteiger partial charge on any atom is 0.145 e. The second-order valence-corrected chi connectivity index (χ2v) is 3.49. The van der Waals surface area contributed by atoms with Crippen molar-refractivity contribution < 1.29 is 14.1 Å². The zero-order valence-electron chi connectivity index (χ0n) is 9.64. The topological polar surface area (TPSA) is 83.4 Å². The summed E-state index contributed by atoms with van der Waals surface area (Å²) >= 11 is 0. The molecular weight excluding hydrogens is 222 g/mol. The Hall–Kier alpha value is -2.24. The molecule has 0 spiro atoms. The number of methoxy groups -OCH3 is 1. The van der Waals surface area contributed by atoms with E-state index in [4.69, 9.17) is 15.2 Å². The molecule has 0 fully saturated rings. The SMILES string of the molecule is COc1ccc(OCc2nonc2C)cc1N. The van der Waals surface area contributed by atoms with Gasteiger partial charge in [0, 0.05) is 6.07 Å². The van der Waals surface area contributed by atoms with E-state index < -0.39 is 0 Å². The molecule has 90 valence electrons. The summed E-state index contributed by atoms with van der Waals surface area (Å²) in [5.74, 6) is 1.27. The van der Waals surface area contributed by atoms with Crippen LogP contribution in [0.15, 0.2) is 22.8 Å². The van der Waals surface area contributed by atoms with E-state index in [0.717, 1.165) is 0 Å². The Kier molecular flexibility index (Phi) is 3.13. The number of ether oxygens (including phenoxy) is 2. The van der Waals surface area contributed by atoms with Crippen molar-refractivity contribution in [1.29, 1.82) is 0 Å². The molecule has 6 heteroatoms. The fourth-order valence-corrected chi connectivity index (χ4v) is 1.33. The van der Waals surface area contributed by atoms with Gasteiger partial charge in [0.1, 0.15) is 29.5 Å². The predicted molar refractivity (Wildman–Crippen MR) is 60.8 cm³/mol. The fraction of sp³-hybridized carbons (Fsp3) is 0.273. The van der Waals surface area contributed by atoms with Gasteiger partial charge in [-0.2, -0.15) is 0 Å². The second kappa shape index (κ2) is 4.73. The average molecular weight is 235 g/mol. The van der Waals surface area contributed by atoms with Gasteiger partial charge in [0.15, 0.2) is 0 Å². The molecule has 0 aliphatic rings. The normalized spacial score (nSPS) is 10.2. The second-order valence-electron chi connectivity index (χ2n) is 3.49. The third kappa shape index (κ3) is 2.47. The van der Waals surface area contributed by atoms with Crippen molar-refractivity contribution in [3.8, 4) is 11.5 Å². The number of rotatable bonds is 4. The molecule has 2 rings (SSSR count). The van der Waals surface area contributed by atoms with E-state index in [1.165, 1.54) is 0 Å². The van der Waals surface area contributed by atoms with E-state index in [2.05, 4.69) is 14.9 Å². The summed E-state index contributed by atoms with van der Waals surface area (Å²) < 4.78 is 15.1. The van der Waals surface area contributed by atoms with Crippen LogP contribution in [0.1, 0.15) is 11.4 Å². The molecule has 17 heavy (non-hydrogen) atoms. The predicted octanol–water partition coefficient (Wildman–Crippen LogP) is 1.55. The molecule has 0 aliphatic heterocycles. The summed E-state index contributed by atoms with van der Waals surface area (Å²) in [7, 11) is 1.57. The Balaban J connectivity index is 2.05. The summed E-state index contributed by atoms with van der Waals surface area (Å²) in [5.41, 5.74) is 7.67. The summed E-state index contributed by atoms with van der Waals surface area (Å²) in [4.78, 5) is 0. The van der Waals surface area contributed by atoms with E-state index in [0.29, 0.717) is 35.2 Å². The zero-order chi connectivity index (χ0) is 12.3. The largest absolute Gasteiger partial charge is 0.495 e. The van der Waals surface area contributed by atoms with E-state index >= 15 is 0 Å². The van der Waals surface area contributed by atoms with E-state index in [-0.39, 0.29) is 0 Å². The van der Waals surface area contributed by atoms with Gasteiger partial charge in [0.2, 0.25) is 0 Å². The van der Waals surface area contributed by atoms with Crippen LogP contribution >= 0.6 is 0 Å². The van der Waals surface area contributed by atoms with Crippen LogP contribution < -0.4 is 15.2 Å². The maximum absolute atomic E-state index is 5.76. The number of hydrogen-bond donors (Lipinski definition) is 1. The monoisotopic (exact) mass is 235 g/mol. The molecule has 0 aliphatic carbocycles. The van der Waals surface area contributed by atoms with Gasteiger partial charge in [-0.15, -0.1) is 0 Å². The number of nitrogens with zero attached hydrogens (tertiary/aromatic N) is 2.